The maximum atomic E-state index is 12.7. The number of ether oxygens (including phenoxy) is 1. The number of anilines is 1. The molecule has 0 saturated carbocycles. The lowest BCUT2D eigenvalue weighted by Crippen LogP contribution is -2.33. The maximum Gasteiger partial charge on any atom is 0.276 e. The zero-order chi connectivity index (χ0) is 15.2. The Kier molecular flexibility index (Phi) is 4.77. The summed E-state index contributed by atoms with van der Waals surface area (Å²) in [5.41, 5.74) is 8.03. The van der Waals surface area contributed by atoms with Crippen molar-refractivity contribution in [2.45, 2.75) is 13.8 Å². The van der Waals surface area contributed by atoms with Gasteiger partial charge in [-0.25, -0.2) is 4.39 Å². The highest BCUT2D eigenvalue weighted by atomic mass is 19.1. The van der Waals surface area contributed by atoms with Crippen molar-refractivity contribution >= 4 is 11.6 Å². The number of aryl methyl sites for hydroxylation is 2. The van der Waals surface area contributed by atoms with Crippen LogP contribution >= 0.6 is 0 Å². The SMILES string of the molecule is Cc1ccc(OCC(=O)NNc2ccc(F)cc2)cc1C. The number of carbonyl (C=O) groups excluding carboxylic acids is 1. The molecule has 0 atom stereocenters. The molecule has 110 valence electrons. The summed E-state index contributed by atoms with van der Waals surface area (Å²) in [6, 6.07) is 11.3. The Morgan fingerprint density at radius 2 is 1.81 bits per heavy atom. The van der Waals surface area contributed by atoms with Crippen molar-refractivity contribution < 1.29 is 13.9 Å². The highest BCUT2D eigenvalue weighted by Gasteiger charge is 2.03. The van der Waals surface area contributed by atoms with Gasteiger partial charge in [0.25, 0.3) is 5.91 Å². The second-order valence-corrected chi connectivity index (χ2v) is 4.71. The van der Waals surface area contributed by atoms with E-state index in [1.54, 1.807) is 0 Å². The normalized spacial score (nSPS) is 10.0. The topological polar surface area (TPSA) is 50.4 Å². The molecule has 0 heterocycles. The average Bonchev–Trinajstić information content (AvgIpc) is 2.48. The molecule has 0 aliphatic heterocycles. The molecule has 0 bridgehead atoms. The second-order valence-electron chi connectivity index (χ2n) is 4.71. The Morgan fingerprint density at radius 3 is 2.48 bits per heavy atom. The van der Waals surface area contributed by atoms with Gasteiger partial charge in [0.05, 0.1) is 5.69 Å². The molecule has 0 fully saturated rings. The first-order chi connectivity index (χ1) is 10.0. The molecule has 0 saturated heterocycles. The summed E-state index contributed by atoms with van der Waals surface area (Å²) < 4.78 is 18.1. The summed E-state index contributed by atoms with van der Waals surface area (Å²) in [6.07, 6.45) is 0. The van der Waals surface area contributed by atoms with Gasteiger partial charge in [-0.1, -0.05) is 6.07 Å². The Balaban J connectivity index is 1.79. The first-order valence-electron chi connectivity index (χ1n) is 6.55. The number of nitrogens with one attached hydrogen (secondary N) is 2. The van der Waals surface area contributed by atoms with E-state index in [4.69, 9.17) is 4.74 Å². The van der Waals surface area contributed by atoms with Crippen LogP contribution in [0.15, 0.2) is 42.5 Å². The van der Waals surface area contributed by atoms with Crippen LogP contribution in [-0.4, -0.2) is 12.5 Å². The van der Waals surface area contributed by atoms with Crippen molar-refractivity contribution in [3.63, 3.8) is 0 Å². The lowest BCUT2D eigenvalue weighted by molar-refractivity contribution is -0.122. The summed E-state index contributed by atoms with van der Waals surface area (Å²) in [6.45, 7) is 3.90. The third-order valence-corrected chi connectivity index (χ3v) is 3.04. The minimum Gasteiger partial charge on any atom is -0.484 e. The van der Waals surface area contributed by atoms with Crippen molar-refractivity contribution in [1.82, 2.24) is 5.43 Å². The fourth-order valence-electron chi connectivity index (χ4n) is 1.66. The highest BCUT2D eigenvalue weighted by Crippen LogP contribution is 2.16. The summed E-state index contributed by atoms with van der Waals surface area (Å²) in [5, 5.41) is 0. The molecule has 0 aliphatic carbocycles. The van der Waals surface area contributed by atoms with E-state index < -0.39 is 0 Å². The lowest BCUT2D eigenvalue weighted by atomic mass is 10.1. The van der Waals surface area contributed by atoms with E-state index in [2.05, 4.69) is 10.9 Å². The van der Waals surface area contributed by atoms with Crippen LogP contribution < -0.4 is 15.6 Å². The van der Waals surface area contributed by atoms with Crippen LogP contribution in [0.5, 0.6) is 5.75 Å². The summed E-state index contributed by atoms with van der Waals surface area (Å²) in [4.78, 5) is 11.6. The fourth-order valence-corrected chi connectivity index (χ4v) is 1.66. The van der Waals surface area contributed by atoms with Crippen molar-refractivity contribution in [1.29, 1.82) is 0 Å². The first-order valence-corrected chi connectivity index (χ1v) is 6.55. The first kappa shape index (κ1) is 14.8. The molecule has 0 radical (unpaired) electrons. The highest BCUT2D eigenvalue weighted by molar-refractivity contribution is 5.78. The van der Waals surface area contributed by atoms with E-state index in [1.165, 1.54) is 29.8 Å². The Labute approximate surface area is 122 Å². The minimum atomic E-state index is -0.329. The predicted molar refractivity (Wildman–Crippen MR) is 79.6 cm³/mol. The van der Waals surface area contributed by atoms with Gasteiger partial charge in [0.15, 0.2) is 6.61 Å². The lowest BCUT2D eigenvalue weighted by Gasteiger charge is -2.10. The predicted octanol–water partition coefficient (Wildman–Crippen LogP) is 2.96. The second kappa shape index (κ2) is 6.74. The van der Waals surface area contributed by atoms with E-state index in [-0.39, 0.29) is 18.3 Å². The van der Waals surface area contributed by atoms with Gasteiger partial charge in [-0.2, -0.15) is 0 Å². The number of hydrogen-bond donors (Lipinski definition) is 2. The number of carbonyl (C=O) groups is 1. The smallest absolute Gasteiger partial charge is 0.276 e. The monoisotopic (exact) mass is 288 g/mol. The third-order valence-electron chi connectivity index (χ3n) is 3.04. The average molecular weight is 288 g/mol. The Morgan fingerprint density at radius 1 is 1.10 bits per heavy atom. The van der Waals surface area contributed by atoms with Gasteiger partial charge >= 0.3 is 0 Å². The zero-order valence-corrected chi connectivity index (χ0v) is 11.9. The van der Waals surface area contributed by atoms with Gasteiger partial charge in [-0.3, -0.25) is 15.6 Å². The number of halogens is 1. The van der Waals surface area contributed by atoms with E-state index in [1.807, 2.05) is 32.0 Å². The minimum absolute atomic E-state index is 0.101. The third kappa shape index (κ3) is 4.49. The summed E-state index contributed by atoms with van der Waals surface area (Å²) in [7, 11) is 0. The number of amides is 1. The van der Waals surface area contributed by atoms with Gasteiger partial charge in [0.1, 0.15) is 11.6 Å². The zero-order valence-electron chi connectivity index (χ0n) is 11.9. The van der Waals surface area contributed by atoms with Gasteiger partial charge < -0.3 is 4.74 Å². The quantitative estimate of drug-likeness (QED) is 0.832. The molecule has 5 heteroatoms. The molecule has 2 aromatic rings. The van der Waals surface area contributed by atoms with Crippen LogP contribution in [0.4, 0.5) is 10.1 Å². The van der Waals surface area contributed by atoms with Crippen LogP contribution in [-0.2, 0) is 4.79 Å². The molecule has 21 heavy (non-hydrogen) atoms. The van der Waals surface area contributed by atoms with E-state index in [0.717, 1.165) is 5.56 Å². The molecular weight excluding hydrogens is 271 g/mol. The van der Waals surface area contributed by atoms with Gasteiger partial charge in [-0.15, -0.1) is 0 Å². The molecular formula is C16H17FN2O2. The maximum absolute atomic E-state index is 12.7. The van der Waals surface area contributed by atoms with E-state index in [9.17, 15) is 9.18 Å². The Bertz CT molecular complexity index is 627. The molecule has 0 aliphatic rings. The number of hydrogen-bond acceptors (Lipinski definition) is 3. The standard InChI is InChI=1S/C16H17FN2O2/c1-11-3-8-15(9-12(11)2)21-10-16(20)19-18-14-6-4-13(17)5-7-14/h3-9,18H,10H2,1-2H3,(H,19,20). The molecule has 0 unspecified atom stereocenters. The van der Waals surface area contributed by atoms with Crippen LogP contribution in [0.3, 0.4) is 0 Å². The van der Waals surface area contributed by atoms with Crippen molar-refractivity contribution in [2.24, 2.45) is 0 Å². The Hall–Kier alpha value is -2.56. The van der Waals surface area contributed by atoms with E-state index >= 15 is 0 Å². The van der Waals surface area contributed by atoms with E-state index in [0.29, 0.717) is 11.4 Å². The largest absolute Gasteiger partial charge is 0.484 e. The summed E-state index contributed by atoms with van der Waals surface area (Å²) >= 11 is 0. The van der Waals surface area contributed by atoms with Gasteiger partial charge in [0.2, 0.25) is 0 Å². The van der Waals surface area contributed by atoms with Crippen LogP contribution in [0.2, 0.25) is 0 Å². The fraction of sp³-hybridized carbons (Fsp3) is 0.188. The molecule has 2 aromatic carbocycles. The number of rotatable bonds is 5. The number of hydrazine groups is 1. The van der Waals surface area contributed by atoms with Gasteiger partial charge in [-0.05, 0) is 61.4 Å². The molecule has 1 amide bonds. The molecule has 0 spiro atoms. The van der Waals surface area contributed by atoms with Crippen LogP contribution in [0.1, 0.15) is 11.1 Å². The molecule has 2 N–H and O–H groups in total. The van der Waals surface area contributed by atoms with Crippen molar-refractivity contribution in [2.75, 3.05) is 12.0 Å². The molecule has 2 rings (SSSR count). The molecule has 0 aromatic heterocycles. The summed E-state index contributed by atoms with van der Waals surface area (Å²) in [5.74, 6) is -0.00228. The van der Waals surface area contributed by atoms with Gasteiger partial charge in [0, 0.05) is 0 Å². The number of benzene rings is 2. The van der Waals surface area contributed by atoms with Crippen LogP contribution in [0, 0.1) is 19.7 Å². The van der Waals surface area contributed by atoms with Crippen molar-refractivity contribution in [3.8, 4) is 5.75 Å². The van der Waals surface area contributed by atoms with Crippen molar-refractivity contribution in [3.05, 3.63) is 59.4 Å². The molecule has 4 nitrogen and oxygen atoms in total. The van der Waals surface area contributed by atoms with Crippen LogP contribution in [0.25, 0.3) is 0 Å².